The number of primary amides is 1. The summed E-state index contributed by atoms with van der Waals surface area (Å²) in [4.78, 5) is 11.1. The summed E-state index contributed by atoms with van der Waals surface area (Å²) in [5, 5.41) is 13.4. The van der Waals surface area contributed by atoms with Gasteiger partial charge in [-0.05, 0) is 25.1 Å². The van der Waals surface area contributed by atoms with Gasteiger partial charge in [0.15, 0.2) is 0 Å². The quantitative estimate of drug-likeness (QED) is 0.586. The van der Waals surface area contributed by atoms with E-state index in [9.17, 15) is 9.90 Å². The minimum atomic E-state index is -0.921. The van der Waals surface area contributed by atoms with Crippen molar-refractivity contribution in [1.82, 2.24) is 0 Å². The Kier molecular flexibility index (Phi) is 3.64. The van der Waals surface area contributed by atoms with Crippen LogP contribution in [0.15, 0.2) is 18.2 Å². The van der Waals surface area contributed by atoms with E-state index >= 15 is 0 Å². The molecule has 1 fully saturated rings. The van der Waals surface area contributed by atoms with E-state index < -0.39 is 11.5 Å². The molecular formula is C13H19N3O3. The zero-order chi connectivity index (χ0) is 14.0. The van der Waals surface area contributed by atoms with Crippen LogP contribution in [0.4, 0.5) is 11.4 Å². The number of nitrogens with one attached hydrogen (secondary N) is 1. The molecule has 0 bridgehead atoms. The fourth-order valence-electron chi connectivity index (χ4n) is 2.11. The van der Waals surface area contributed by atoms with Gasteiger partial charge in [-0.2, -0.15) is 0 Å². The standard InChI is InChI=1S/C13H19N3O3/c1-8-13(18,4-5-19-8)7-16-11-6-9(12(15)17)2-3-10(11)14/h2-3,6,8,16,18H,4-5,7,14H2,1H3,(H2,15,17). The normalized spacial score (nSPS) is 26.3. The number of benzene rings is 1. The van der Waals surface area contributed by atoms with E-state index in [0.29, 0.717) is 36.5 Å². The van der Waals surface area contributed by atoms with Crippen LogP contribution in [0.5, 0.6) is 0 Å². The molecule has 0 spiro atoms. The first-order valence-electron chi connectivity index (χ1n) is 6.19. The lowest BCUT2D eigenvalue weighted by molar-refractivity contribution is -0.0175. The molecule has 2 unspecified atom stereocenters. The second-order valence-corrected chi connectivity index (χ2v) is 4.89. The maximum atomic E-state index is 11.1. The summed E-state index contributed by atoms with van der Waals surface area (Å²) in [5.41, 5.74) is 11.6. The zero-order valence-corrected chi connectivity index (χ0v) is 10.8. The monoisotopic (exact) mass is 265 g/mol. The molecule has 0 aromatic heterocycles. The lowest BCUT2D eigenvalue weighted by Gasteiger charge is -2.27. The van der Waals surface area contributed by atoms with Crippen molar-refractivity contribution in [2.45, 2.75) is 25.0 Å². The zero-order valence-electron chi connectivity index (χ0n) is 10.8. The Bertz CT molecular complexity index is 492. The predicted molar refractivity (Wildman–Crippen MR) is 72.8 cm³/mol. The Morgan fingerprint density at radius 2 is 2.37 bits per heavy atom. The van der Waals surface area contributed by atoms with Gasteiger partial charge in [-0.1, -0.05) is 0 Å². The van der Waals surface area contributed by atoms with E-state index in [4.69, 9.17) is 16.2 Å². The van der Waals surface area contributed by atoms with Gasteiger partial charge in [-0.25, -0.2) is 0 Å². The van der Waals surface area contributed by atoms with E-state index in [1.165, 1.54) is 0 Å². The number of carbonyl (C=O) groups excluding carboxylic acids is 1. The van der Waals surface area contributed by atoms with Crippen LogP contribution in [0.25, 0.3) is 0 Å². The van der Waals surface area contributed by atoms with Gasteiger partial charge >= 0.3 is 0 Å². The molecule has 6 N–H and O–H groups in total. The number of ether oxygens (including phenoxy) is 1. The van der Waals surface area contributed by atoms with Crippen molar-refractivity contribution >= 4 is 17.3 Å². The Hall–Kier alpha value is -1.79. The van der Waals surface area contributed by atoms with Gasteiger partial charge in [-0.15, -0.1) is 0 Å². The first kappa shape index (κ1) is 13.6. The molecule has 1 heterocycles. The van der Waals surface area contributed by atoms with Gasteiger partial charge in [0.2, 0.25) is 5.91 Å². The predicted octanol–water partition coefficient (Wildman–Crippen LogP) is 0.320. The summed E-state index contributed by atoms with van der Waals surface area (Å²) in [6.07, 6.45) is 0.330. The van der Waals surface area contributed by atoms with Crippen LogP contribution in [0.2, 0.25) is 0 Å². The molecule has 19 heavy (non-hydrogen) atoms. The molecule has 1 aliphatic heterocycles. The number of hydrogen-bond donors (Lipinski definition) is 4. The van der Waals surface area contributed by atoms with Crippen molar-refractivity contribution in [3.63, 3.8) is 0 Å². The number of rotatable bonds is 4. The van der Waals surface area contributed by atoms with E-state index in [1.54, 1.807) is 18.2 Å². The average molecular weight is 265 g/mol. The lowest BCUT2D eigenvalue weighted by Crippen LogP contribution is -2.43. The molecule has 1 aromatic rings. The third kappa shape index (κ3) is 2.80. The topological polar surface area (TPSA) is 111 Å². The van der Waals surface area contributed by atoms with Crippen molar-refractivity contribution in [3.05, 3.63) is 23.8 Å². The highest BCUT2D eigenvalue weighted by Crippen LogP contribution is 2.27. The second-order valence-electron chi connectivity index (χ2n) is 4.89. The van der Waals surface area contributed by atoms with Gasteiger partial charge in [0.25, 0.3) is 0 Å². The van der Waals surface area contributed by atoms with Crippen LogP contribution in [-0.4, -0.2) is 35.9 Å². The SMILES string of the molecule is CC1OCCC1(O)CNc1cc(C(N)=O)ccc1N. The van der Waals surface area contributed by atoms with E-state index in [2.05, 4.69) is 5.32 Å². The second kappa shape index (κ2) is 5.07. The number of carbonyl (C=O) groups is 1. The van der Waals surface area contributed by atoms with Crippen molar-refractivity contribution in [3.8, 4) is 0 Å². The molecule has 1 saturated heterocycles. The minimum Gasteiger partial charge on any atom is -0.397 e. The number of hydrogen-bond acceptors (Lipinski definition) is 5. The van der Waals surface area contributed by atoms with Crippen molar-refractivity contribution in [2.24, 2.45) is 5.73 Å². The lowest BCUT2D eigenvalue weighted by atomic mass is 9.96. The smallest absolute Gasteiger partial charge is 0.248 e. The fourth-order valence-corrected chi connectivity index (χ4v) is 2.11. The number of nitrogens with two attached hydrogens (primary N) is 2. The number of nitrogen functional groups attached to an aromatic ring is 1. The molecule has 1 aromatic carbocycles. The number of amides is 1. The summed E-state index contributed by atoms with van der Waals surface area (Å²) >= 11 is 0. The largest absolute Gasteiger partial charge is 0.397 e. The molecule has 2 atom stereocenters. The van der Waals surface area contributed by atoms with Crippen molar-refractivity contribution in [2.75, 3.05) is 24.2 Å². The van der Waals surface area contributed by atoms with Gasteiger partial charge in [0, 0.05) is 25.1 Å². The Morgan fingerprint density at radius 1 is 1.63 bits per heavy atom. The molecule has 1 amide bonds. The van der Waals surface area contributed by atoms with Crippen LogP contribution in [0.1, 0.15) is 23.7 Å². The minimum absolute atomic E-state index is 0.236. The van der Waals surface area contributed by atoms with Gasteiger partial charge < -0.3 is 26.6 Å². The number of anilines is 2. The third-order valence-corrected chi connectivity index (χ3v) is 3.58. The highest BCUT2D eigenvalue weighted by atomic mass is 16.5. The van der Waals surface area contributed by atoms with Crippen LogP contribution >= 0.6 is 0 Å². The Balaban J connectivity index is 2.11. The summed E-state index contributed by atoms with van der Waals surface area (Å²) in [6.45, 7) is 2.68. The maximum absolute atomic E-state index is 11.1. The molecule has 6 nitrogen and oxygen atoms in total. The first-order chi connectivity index (χ1) is 8.92. The first-order valence-corrected chi connectivity index (χ1v) is 6.19. The molecule has 2 rings (SSSR count). The summed E-state index contributed by atoms with van der Waals surface area (Å²) < 4.78 is 5.35. The average Bonchev–Trinajstić information content (AvgIpc) is 2.69. The molecule has 104 valence electrons. The number of aliphatic hydroxyl groups is 1. The van der Waals surface area contributed by atoms with Crippen LogP contribution in [-0.2, 0) is 4.74 Å². The molecule has 0 saturated carbocycles. The van der Waals surface area contributed by atoms with Crippen LogP contribution in [0, 0.1) is 0 Å². The molecule has 6 heteroatoms. The van der Waals surface area contributed by atoms with Gasteiger partial charge in [-0.3, -0.25) is 4.79 Å². The van der Waals surface area contributed by atoms with Crippen molar-refractivity contribution in [1.29, 1.82) is 0 Å². The van der Waals surface area contributed by atoms with Gasteiger partial charge in [0.05, 0.1) is 17.5 Å². The van der Waals surface area contributed by atoms with E-state index in [-0.39, 0.29) is 6.10 Å². The molecule has 1 aliphatic rings. The van der Waals surface area contributed by atoms with Crippen LogP contribution < -0.4 is 16.8 Å². The molecule has 0 radical (unpaired) electrons. The maximum Gasteiger partial charge on any atom is 0.248 e. The molecular weight excluding hydrogens is 246 g/mol. The summed E-state index contributed by atoms with van der Waals surface area (Å²) in [5.74, 6) is -0.515. The fraction of sp³-hybridized carbons (Fsp3) is 0.462. The molecule has 0 aliphatic carbocycles. The Morgan fingerprint density at radius 3 is 2.95 bits per heavy atom. The highest BCUT2D eigenvalue weighted by Gasteiger charge is 2.39. The van der Waals surface area contributed by atoms with E-state index in [1.807, 2.05) is 6.92 Å². The summed E-state index contributed by atoms with van der Waals surface area (Å²) in [7, 11) is 0. The summed E-state index contributed by atoms with van der Waals surface area (Å²) in [6, 6.07) is 4.77. The highest BCUT2D eigenvalue weighted by molar-refractivity contribution is 5.94. The van der Waals surface area contributed by atoms with Crippen LogP contribution in [0.3, 0.4) is 0 Å². The van der Waals surface area contributed by atoms with Gasteiger partial charge in [0.1, 0.15) is 5.60 Å². The van der Waals surface area contributed by atoms with Crippen molar-refractivity contribution < 1.29 is 14.6 Å². The van der Waals surface area contributed by atoms with E-state index in [0.717, 1.165) is 0 Å². The Labute approximate surface area is 111 Å². The third-order valence-electron chi connectivity index (χ3n) is 3.58.